The summed E-state index contributed by atoms with van der Waals surface area (Å²) in [6, 6.07) is 12.0. The number of hydrogen-bond donors (Lipinski definition) is 4. The minimum Gasteiger partial charge on any atom is -0.474 e. The Hall–Kier alpha value is -7.67. The summed E-state index contributed by atoms with van der Waals surface area (Å²) in [5.74, 6) is -4.26. The van der Waals surface area contributed by atoms with Crippen LogP contribution in [0.5, 0.6) is 5.88 Å². The number of anilines is 2. The fourth-order valence-corrected chi connectivity index (χ4v) is 13.0. The first-order valence-electron chi connectivity index (χ1n) is 25.8. The van der Waals surface area contributed by atoms with E-state index in [1.54, 1.807) is 48.9 Å². The van der Waals surface area contributed by atoms with Crippen molar-refractivity contribution in [1.29, 1.82) is 0 Å². The Morgan fingerprint density at radius 1 is 1.08 bits per heavy atom. The molecule has 20 nitrogen and oxygen atoms in total. The van der Waals surface area contributed by atoms with E-state index in [2.05, 4.69) is 40.6 Å². The van der Waals surface area contributed by atoms with Crippen LogP contribution in [0.3, 0.4) is 0 Å². The van der Waals surface area contributed by atoms with Crippen molar-refractivity contribution >= 4 is 67.1 Å². The van der Waals surface area contributed by atoms with E-state index in [1.165, 1.54) is 26.9 Å². The van der Waals surface area contributed by atoms with Crippen LogP contribution >= 0.6 is 11.3 Å². The monoisotopic (exact) mass is 1120 g/mol. The van der Waals surface area contributed by atoms with Crippen LogP contribution in [0.15, 0.2) is 86.9 Å². The highest BCUT2D eigenvalue weighted by Gasteiger charge is 2.49. The van der Waals surface area contributed by atoms with Crippen molar-refractivity contribution in [2.24, 2.45) is 18.0 Å². The number of thiazole rings is 1. The van der Waals surface area contributed by atoms with E-state index < -0.39 is 62.6 Å². The van der Waals surface area contributed by atoms with Gasteiger partial charge in [0, 0.05) is 98.5 Å². The van der Waals surface area contributed by atoms with Gasteiger partial charge >= 0.3 is 0 Å². The molecule has 4 aliphatic heterocycles. The van der Waals surface area contributed by atoms with Crippen LogP contribution < -0.4 is 25.8 Å². The van der Waals surface area contributed by atoms with Crippen LogP contribution in [0.25, 0.3) is 32.5 Å². The number of halogens is 2. The Bertz CT molecular complexity index is 3800. The lowest BCUT2D eigenvalue weighted by Crippen LogP contribution is -2.51. The zero-order valence-electron chi connectivity index (χ0n) is 44.0. The van der Waals surface area contributed by atoms with E-state index in [9.17, 15) is 37.1 Å². The Kier molecular flexibility index (Phi) is 13.9. The summed E-state index contributed by atoms with van der Waals surface area (Å²) in [6.07, 6.45) is 5.05. The van der Waals surface area contributed by atoms with Crippen LogP contribution in [0.1, 0.15) is 78.0 Å². The molecule has 11 rings (SSSR count). The lowest BCUT2D eigenvalue weighted by Gasteiger charge is -2.31. The largest absolute Gasteiger partial charge is 0.474 e. The fraction of sp³-hybridized carbons (Fsp3) is 0.382. The minimum atomic E-state index is -3.72. The van der Waals surface area contributed by atoms with E-state index in [-0.39, 0.29) is 83.6 Å². The molecule has 24 heteroatoms. The maximum atomic E-state index is 15.7. The van der Waals surface area contributed by atoms with Gasteiger partial charge in [0.05, 0.1) is 52.4 Å². The molecule has 4 aliphatic rings. The summed E-state index contributed by atoms with van der Waals surface area (Å²) in [4.78, 5) is 77.9. The number of aromatic amines is 1. The number of hydrogen-bond acceptors (Lipinski definition) is 16. The second-order valence-electron chi connectivity index (χ2n) is 21.4. The Morgan fingerprint density at radius 3 is 2.58 bits per heavy atom. The second-order valence-corrected chi connectivity index (χ2v) is 24.3. The average molecular weight is 1120 g/mol. The number of ether oxygens (including phenoxy) is 1. The van der Waals surface area contributed by atoms with Crippen LogP contribution in [0.2, 0.25) is 0 Å². The molecule has 2 aromatic carbocycles. The molecular weight excluding hydrogens is 1060 g/mol. The molecule has 2 saturated heterocycles. The number of benzene rings is 2. The average Bonchev–Trinajstić information content (AvgIpc) is 4.32. The second kappa shape index (κ2) is 20.5. The maximum Gasteiger partial charge on any atom is 0.277 e. The van der Waals surface area contributed by atoms with Crippen molar-refractivity contribution in [3.63, 3.8) is 0 Å². The van der Waals surface area contributed by atoms with E-state index in [4.69, 9.17) is 9.26 Å². The third kappa shape index (κ3) is 10.1. The van der Waals surface area contributed by atoms with E-state index in [1.807, 2.05) is 45.0 Å². The molecule has 9 heterocycles. The number of rotatable bonds is 15. The zero-order valence-corrected chi connectivity index (χ0v) is 45.7. The standard InChI is InChI=1S/C55H57F2N11O9S2/c1-28(2)45(52(71)68-24-36(69)17-42(68)49-62-54(73)55(4,63-49)33-9-7-30(8-10-33)48-29(3)60-27-78-48)43-19-44(64-77-43)76-14-13-66-12-11-35(23-66)61-51(70)37-18-41-38(15-31(37)26-79(6,74)75)39-25-65(5)53(72)47-46(39)32(20-58-47)22-67(41)50-40(57)16-34(56)21-59-50/h7-10,15-16,18-21,25,27-28,35-36,42,45,58,69H,11-14,17,22-24,26H2,1-6H3,(H,61,70)(H,62,63,73)/t35-,36+,42+,45+,55-/m0/s1. The summed E-state index contributed by atoms with van der Waals surface area (Å²) in [7, 11) is -2.15. The molecule has 0 saturated carbocycles. The van der Waals surface area contributed by atoms with Gasteiger partial charge in [-0.2, -0.15) is 4.99 Å². The number of aliphatic imine (C=N–C) groups is 1. The van der Waals surface area contributed by atoms with Gasteiger partial charge in [-0.25, -0.2) is 27.2 Å². The molecule has 0 aliphatic carbocycles. The molecule has 2 fully saturated rings. The molecule has 0 bridgehead atoms. The number of aliphatic hydroxyl groups excluding tert-OH is 1. The number of aromatic nitrogens is 5. The SMILES string of the molecule is Cc1ncsc1-c1ccc([C@]2(C)NC([C@H]3C[C@@H](O)CN3C(=O)[C@@H](c3cc(OCCN4CC[C@H](NC(=O)c5cc6c(cc5CS(C)(=O)=O)-c5cn(C)c(=O)c7[nH]cc(c57)CN6c5ncc(F)cc5F)C4)no3)C(C)C)=NC2=O)cc1. The molecule has 3 amide bonds. The first-order chi connectivity index (χ1) is 37.6. The number of amidine groups is 1. The number of β-amino-alcohol motifs (C(OH)–C–C–N with tert-alkyl or cyclic N) is 1. The predicted molar refractivity (Wildman–Crippen MR) is 291 cm³/mol. The Labute approximate surface area is 456 Å². The van der Waals surface area contributed by atoms with Crippen LogP contribution in [0.4, 0.5) is 20.3 Å². The van der Waals surface area contributed by atoms with Crippen molar-refractivity contribution in [3.8, 4) is 27.4 Å². The van der Waals surface area contributed by atoms with Gasteiger partial charge in [-0.15, -0.1) is 11.3 Å². The summed E-state index contributed by atoms with van der Waals surface area (Å²) in [5.41, 5.74) is 5.21. The number of aryl methyl sites for hydroxylation is 2. The maximum absolute atomic E-state index is 15.7. The van der Waals surface area contributed by atoms with Gasteiger partial charge in [0.2, 0.25) is 5.91 Å². The zero-order chi connectivity index (χ0) is 55.8. The van der Waals surface area contributed by atoms with Gasteiger partial charge in [-0.05, 0) is 65.7 Å². The van der Waals surface area contributed by atoms with Gasteiger partial charge < -0.3 is 44.4 Å². The number of aliphatic hydroxyl groups is 1. The molecule has 412 valence electrons. The van der Waals surface area contributed by atoms with Gasteiger partial charge in [0.1, 0.15) is 35.2 Å². The summed E-state index contributed by atoms with van der Waals surface area (Å²) >= 11 is 1.54. The smallest absolute Gasteiger partial charge is 0.277 e. The highest BCUT2D eigenvalue weighted by atomic mass is 32.2. The summed E-state index contributed by atoms with van der Waals surface area (Å²) in [5, 5.41) is 22.0. The van der Waals surface area contributed by atoms with Crippen molar-refractivity contribution in [3.05, 3.63) is 128 Å². The van der Waals surface area contributed by atoms with Crippen molar-refractivity contribution in [1.82, 2.24) is 45.1 Å². The van der Waals surface area contributed by atoms with Gasteiger partial charge in [0.25, 0.3) is 23.3 Å². The molecular formula is C55H57F2N11O9S2. The molecule has 4 N–H and O–H groups in total. The van der Waals surface area contributed by atoms with E-state index in [0.29, 0.717) is 71.3 Å². The number of sulfone groups is 1. The van der Waals surface area contributed by atoms with Crippen LogP contribution in [-0.2, 0) is 44.3 Å². The lowest BCUT2D eigenvalue weighted by molar-refractivity contribution is -0.134. The first kappa shape index (κ1) is 53.3. The number of nitrogens with one attached hydrogen (secondary N) is 3. The summed E-state index contributed by atoms with van der Waals surface area (Å²) < 4.78 is 69.0. The molecule has 5 aromatic heterocycles. The van der Waals surface area contributed by atoms with Crippen molar-refractivity contribution in [2.75, 3.05) is 43.9 Å². The highest BCUT2D eigenvalue weighted by Crippen LogP contribution is 2.45. The molecule has 5 atom stereocenters. The molecule has 0 spiro atoms. The third-order valence-electron chi connectivity index (χ3n) is 15.3. The quantitative estimate of drug-likeness (QED) is 0.0940. The van der Waals surface area contributed by atoms with Crippen molar-refractivity contribution < 1.29 is 45.9 Å². The van der Waals surface area contributed by atoms with Crippen LogP contribution in [0, 0.1) is 24.5 Å². The number of pyridine rings is 2. The summed E-state index contributed by atoms with van der Waals surface area (Å²) in [6.45, 7) is 9.05. The number of carbonyl (C=O) groups excluding carboxylic acids is 3. The van der Waals surface area contributed by atoms with Crippen LogP contribution in [-0.4, -0.2) is 129 Å². The number of carbonyl (C=O) groups is 3. The first-order valence-corrected chi connectivity index (χ1v) is 28.7. The van der Waals surface area contributed by atoms with Gasteiger partial charge in [0.15, 0.2) is 27.2 Å². The topological polar surface area (TPSA) is 251 Å². The highest BCUT2D eigenvalue weighted by molar-refractivity contribution is 7.89. The van der Waals surface area contributed by atoms with Gasteiger partial charge in [-0.3, -0.25) is 24.1 Å². The minimum absolute atomic E-state index is 0.0244. The number of likely N-dealkylation sites (tertiary alicyclic amines) is 2. The third-order valence-corrected chi connectivity index (χ3v) is 17.1. The van der Waals surface area contributed by atoms with Crippen molar-refractivity contribution in [2.45, 2.75) is 82.5 Å². The Morgan fingerprint density at radius 2 is 1.86 bits per heavy atom. The molecule has 7 aromatic rings. The Balaban J connectivity index is 0.753. The molecule has 0 radical (unpaired) electrons. The van der Waals surface area contributed by atoms with E-state index >= 15 is 4.39 Å². The number of fused-ring (bicyclic) bond motifs is 2. The number of amides is 3. The van der Waals surface area contributed by atoms with E-state index in [0.717, 1.165) is 28.6 Å². The predicted octanol–water partition coefficient (Wildman–Crippen LogP) is 5.85. The molecule has 0 unspecified atom stereocenters. The number of nitrogens with zero attached hydrogens (tertiary/aromatic N) is 8. The normalized spacial score (nSPS) is 20.7. The fourth-order valence-electron chi connectivity index (χ4n) is 11.4. The lowest BCUT2D eigenvalue weighted by atomic mass is 9.90. The number of H-pyrrole nitrogens is 1. The van der Waals surface area contributed by atoms with Gasteiger partial charge in [-0.1, -0.05) is 38.1 Å². The molecule has 79 heavy (non-hydrogen) atoms.